The predicted octanol–water partition coefficient (Wildman–Crippen LogP) is 32.4. The lowest BCUT2D eigenvalue weighted by molar-refractivity contribution is -0.151. The number of carbonyl (C=O) groups excluding carboxylic acids is 4. The van der Waals surface area contributed by atoms with Crippen molar-refractivity contribution in [1.82, 2.24) is 19.6 Å². The Labute approximate surface area is 763 Å². The molecular weight excluding hydrogens is 1510 g/mol. The van der Waals surface area contributed by atoms with E-state index in [1.54, 1.807) is 0 Å². The van der Waals surface area contributed by atoms with Crippen LogP contribution >= 0.6 is 0 Å². The van der Waals surface area contributed by atoms with E-state index in [4.69, 9.17) is 18.9 Å². The summed E-state index contributed by atoms with van der Waals surface area (Å²) >= 11 is 0. The number of rotatable bonds is 101. The van der Waals surface area contributed by atoms with E-state index < -0.39 is 0 Å². The smallest absolute Gasteiger partial charge is 0.308 e. The van der Waals surface area contributed by atoms with E-state index in [-0.39, 0.29) is 47.5 Å². The van der Waals surface area contributed by atoms with Gasteiger partial charge in [-0.05, 0) is 169 Å². The molecule has 0 aromatic heterocycles. The maximum atomic E-state index is 14.7. The Balaban J connectivity index is 5.69. The minimum Gasteiger partial charge on any atom is -0.465 e. The van der Waals surface area contributed by atoms with E-state index >= 15 is 0 Å². The normalized spacial score (nSPS) is 13.4. The maximum Gasteiger partial charge on any atom is 0.308 e. The van der Waals surface area contributed by atoms with Crippen molar-refractivity contribution in [3.05, 3.63) is 0 Å². The van der Waals surface area contributed by atoms with Crippen LogP contribution < -0.4 is 0 Å². The lowest BCUT2D eigenvalue weighted by atomic mass is 9.74. The zero-order valence-corrected chi connectivity index (χ0v) is 84.7. The molecule has 0 fully saturated rings. The Morgan fingerprint density at radius 3 is 0.623 bits per heavy atom. The molecule has 0 aliphatic heterocycles. The number of likely N-dealkylation sites (N-methyl/N-ethyl adjacent to an activating group) is 2. The van der Waals surface area contributed by atoms with Gasteiger partial charge in [-0.2, -0.15) is 0 Å². The van der Waals surface area contributed by atoms with Gasteiger partial charge in [0.1, 0.15) is 0 Å². The second kappa shape index (κ2) is 94.8. The molecule has 726 valence electrons. The van der Waals surface area contributed by atoms with Crippen LogP contribution in [0.4, 0.5) is 0 Å². The van der Waals surface area contributed by atoms with Crippen molar-refractivity contribution in [3.63, 3.8) is 0 Å². The lowest BCUT2D eigenvalue weighted by Gasteiger charge is -2.32. The van der Waals surface area contributed by atoms with Crippen molar-refractivity contribution < 1.29 is 38.1 Å². The van der Waals surface area contributed by atoms with Crippen LogP contribution in [0.2, 0.25) is 0 Å². The molecule has 0 aromatic carbocycles. The summed E-state index contributed by atoms with van der Waals surface area (Å²) in [7, 11) is 8.76. The molecule has 0 saturated carbocycles. The molecule has 0 N–H and O–H groups in total. The average Bonchev–Trinajstić information content (AvgIpc) is 0.862. The summed E-state index contributed by atoms with van der Waals surface area (Å²) in [6.07, 6.45) is 91.2. The van der Waals surface area contributed by atoms with Gasteiger partial charge < -0.3 is 38.5 Å². The molecule has 0 spiro atoms. The Kier molecular flexibility index (Phi) is 93.1. The molecule has 122 heavy (non-hydrogen) atoms. The summed E-state index contributed by atoms with van der Waals surface area (Å²) in [6.45, 7) is 29.5. The maximum absolute atomic E-state index is 14.7. The number of carbonyl (C=O) groups is 4. The van der Waals surface area contributed by atoms with Crippen LogP contribution in [0.1, 0.15) is 543 Å². The van der Waals surface area contributed by atoms with Gasteiger partial charge in [0, 0.05) is 26.2 Å². The van der Waals surface area contributed by atoms with E-state index in [2.05, 4.69) is 103 Å². The molecular formula is C110H218N4O8. The molecule has 0 aliphatic carbocycles. The average molecular weight is 1720 g/mol. The molecule has 0 rings (SSSR count). The fraction of sp³-hybridized carbons (Fsp3) is 0.964. The molecule has 6 unspecified atom stereocenters. The zero-order valence-electron chi connectivity index (χ0n) is 84.7. The first-order valence-corrected chi connectivity index (χ1v) is 55.2. The van der Waals surface area contributed by atoms with Crippen molar-refractivity contribution in [2.45, 2.75) is 543 Å². The van der Waals surface area contributed by atoms with Crippen molar-refractivity contribution in [3.8, 4) is 0 Å². The van der Waals surface area contributed by atoms with Crippen molar-refractivity contribution in [1.29, 1.82) is 0 Å². The standard InChI is InChI=1S/C110H218N4O8/c1-13-21-28-34-38-41-43-48-56-69-83-103(82-68-55-47-40-36-30-23-15-3)108(116)120-96-78-64-60-74-89-114(94-92-112(11)12)90-75-61-65-79-98-122-110(118)106(86-71-57-49-44-42-39-35-29-22-14-2)100-104(84-70-54-37-31-24-16-4)101(20-8)99-105(85-67-33-26-18-6)109(117)121-97-77-63-53-46-51-59-73-88-113(93-91-111(9)10)87-72-58-50-45-52-62-76-95-119-107(115)102(80-27-19-7)81-66-32-25-17-5/h101-106H,13-100H2,1-12H3. The zero-order chi connectivity index (χ0) is 89.1. The summed E-state index contributed by atoms with van der Waals surface area (Å²) in [5.74, 6) is 0.967. The van der Waals surface area contributed by atoms with Crippen LogP contribution in [-0.4, -0.2) is 150 Å². The van der Waals surface area contributed by atoms with Gasteiger partial charge in [-0.1, -0.05) is 441 Å². The topological polar surface area (TPSA) is 118 Å². The molecule has 0 aromatic rings. The summed E-state index contributed by atoms with van der Waals surface area (Å²) in [6, 6.07) is 0. The molecule has 0 aliphatic rings. The van der Waals surface area contributed by atoms with Crippen LogP contribution in [0.3, 0.4) is 0 Å². The number of unbranched alkanes of at least 4 members (excludes halogenated alkanes) is 55. The Hall–Kier alpha value is -2.28. The first-order valence-electron chi connectivity index (χ1n) is 55.2. The molecule has 0 saturated heterocycles. The summed E-state index contributed by atoms with van der Waals surface area (Å²) < 4.78 is 24.6. The summed E-state index contributed by atoms with van der Waals surface area (Å²) in [5.41, 5.74) is 0. The van der Waals surface area contributed by atoms with Gasteiger partial charge in [-0.15, -0.1) is 0 Å². The molecule has 0 bridgehead atoms. The fourth-order valence-corrected chi connectivity index (χ4v) is 18.7. The summed E-state index contributed by atoms with van der Waals surface area (Å²) in [5, 5.41) is 0. The second-order valence-corrected chi connectivity index (χ2v) is 39.5. The molecule has 6 atom stereocenters. The third-order valence-corrected chi connectivity index (χ3v) is 27.2. The van der Waals surface area contributed by atoms with Gasteiger partial charge >= 0.3 is 23.9 Å². The number of ether oxygens (including phenoxy) is 4. The lowest BCUT2D eigenvalue weighted by Crippen LogP contribution is -2.33. The molecule has 12 nitrogen and oxygen atoms in total. The van der Waals surface area contributed by atoms with Gasteiger partial charge in [-0.25, -0.2) is 0 Å². The highest BCUT2D eigenvalue weighted by Crippen LogP contribution is 2.38. The van der Waals surface area contributed by atoms with Crippen molar-refractivity contribution in [2.24, 2.45) is 35.5 Å². The largest absolute Gasteiger partial charge is 0.465 e. The monoisotopic (exact) mass is 1720 g/mol. The van der Waals surface area contributed by atoms with Crippen LogP contribution in [-0.2, 0) is 38.1 Å². The fourth-order valence-electron chi connectivity index (χ4n) is 18.7. The van der Waals surface area contributed by atoms with Crippen molar-refractivity contribution in [2.75, 3.05) is 107 Å². The van der Waals surface area contributed by atoms with E-state index in [0.29, 0.717) is 38.3 Å². The molecule has 12 heteroatoms. The van der Waals surface area contributed by atoms with Crippen molar-refractivity contribution >= 4 is 23.9 Å². The van der Waals surface area contributed by atoms with Crippen LogP contribution in [0.25, 0.3) is 0 Å². The highest BCUT2D eigenvalue weighted by atomic mass is 16.5. The second-order valence-electron chi connectivity index (χ2n) is 39.5. The van der Waals surface area contributed by atoms with E-state index in [1.807, 2.05) is 0 Å². The summed E-state index contributed by atoms with van der Waals surface area (Å²) in [4.78, 5) is 65.7. The van der Waals surface area contributed by atoms with E-state index in [9.17, 15) is 19.2 Å². The predicted molar refractivity (Wildman–Crippen MR) is 531 cm³/mol. The van der Waals surface area contributed by atoms with Gasteiger partial charge in [0.25, 0.3) is 0 Å². The van der Waals surface area contributed by atoms with E-state index in [1.165, 1.54) is 328 Å². The first kappa shape index (κ1) is 120. The van der Waals surface area contributed by atoms with E-state index in [0.717, 1.165) is 213 Å². The number of nitrogens with zero attached hydrogens (tertiary/aromatic N) is 4. The van der Waals surface area contributed by atoms with Crippen LogP contribution in [0.5, 0.6) is 0 Å². The number of hydrogen-bond donors (Lipinski definition) is 0. The van der Waals surface area contributed by atoms with Gasteiger partial charge in [0.05, 0.1) is 50.1 Å². The molecule has 0 amide bonds. The third-order valence-electron chi connectivity index (χ3n) is 27.2. The van der Waals surface area contributed by atoms with Crippen LogP contribution in [0, 0.1) is 35.5 Å². The van der Waals surface area contributed by atoms with Gasteiger partial charge in [0.2, 0.25) is 0 Å². The Bertz CT molecular complexity index is 2150. The van der Waals surface area contributed by atoms with Gasteiger partial charge in [-0.3, -0.25) is 19.2 Å². The third kappa shape index (κ3) is 79.9. The highest BCUT2D eigenvalue weighted by Gasteiger charge is 2.33. The molecule has 0 heterocycles. The Morgan fingerprint density at radius 2 is 0.377 bits per heavy atom. The molecule has 0 radical (unpaired) electrons. The SMILES string of the molecule is CCCCCCCCCCCCC(CCCCCCCCCC)C(=O)OCCCCCCN(CCCCCCOC(=O)C(CCCCCCCCCCCC)CC(CCCCCCCC)C(CC)CC(CCCCCC)C(=O)OCCCCCCCCCN(CCCCCCCCCOC(=O)C(CCCC)CCCCCC)CCN(C)C)CCN(C)C. The minimum atomic E-state index is -0.0929. The Morgan fingerprint density at radius 1 is 0.189 bits per heavy atom. The number of hydrogen-bond acceptors (Lipinski definition) is 12. The quantitative estimate of drug-likeness (QED) is 0.0328. The first-order chi connectivity index (χ1) is 59.7. The van der Waals surface area contributed by atoms with Gasteiger partial charge in [0.15, 0.2) is 0 Å². The minimum absolute atomic E-state index is 0.0363. The van der Waals surface area contributed by atoms with Crippen LogP contribution in [0.15, 0.2) is 0 Å². The number of esters is 4. The highest BCUT2D eigenvalue weighted by molar-refractivity contribution is 5.73.